The predicted octanol–water partition coefficient (Wildman–Crippen LogP) is 3.22. The second kappa shape index (κ2) is 6.20. The topological polar surface area (TPSA) is 89.2 Å². The van der Waals surface area contributed by atoms with Crippen LogP contribution in [0.3, 0.4) is 0 Å². The smallest absolute Gasteiger partial charge is 0.220 e. The van der Waals surface area contributed by atoms with Crippen LogP contribution < -0.4 is 21.1 Å². The molecule has 0 radical (unpaired) electrons. The molecule has 0 unspecified atom stereocenters. The molecule has 3 rings (SSSR count). The average molecular weight is 401 g/mol. The molecule has 6 nitrogen and oxygen atoms in total. The van der Waals surface area contributed by atoms with E-state index in [0.717, 1.165) is 35.8 Å². The largest absolute Gasteiger partial charge is 0.493 e. The van der Waals surface area contributed by atoms with Gasteiger partial charge in [0.2, 0.25) is 11.9 Å². The quantitative estimate of drug-likeness (QED) is 0.797. The molecule has 4 N–H and O–H groups in total. The zero-order valence-electron chi connectivity index (χ0n) is 12.9. The Bertz CT molecular complexity index is 685. The second-order valence-corrected chi connectivity index (χ2v) is 7.05. The molecule has 2 aliphatic rings. The van der Waals surface area contributed by atoms with Gasteiger partial charge in [0.05, 0.1) is 17.3 Å². The highest BCUT2D eigenvalue weighted by molar-refractivity contribution is 9.10. The third-order valence-corrected chi connectivity index (χ3v) is 5.09. The Labute approximate surface area is 148 Å². The highest BCUT2D eigenvalue weighted by Gasteiger charge is 2.43. The Hall–Kier alpha value is -1.47. The lowest BCUT2D eigenvalue weighted by Gasteiger charge is -2.46. The van der Waals surface area contributed by atoms with Crippen molar-refractivity contribution in [1.82, 2.24) is 0 Å². The van der Waals surface area contributed by atoms with Crippen LogP contribution in [0.4, 0.5) is 5.69 Å². The summed E-state index contributed by atoms with van der Waals surface area (Å²) in [5, 5.41) is 0.578. The molecule has 0 bridgehead atoms. The van der Waals surface area contributed by atoms with Gasteiger partial charge in [-0.05, 0) is 53.7 Å². The number of hydrogen-bond acceptors (Lipinski definition) is 6. The SMILES string of the molecule is COc1c(Br)cc(Cl)cc1N1C(N)=NC(N)=NC12CCCCC2. The fourth-order valence-electron chi connectivity index (χ4n) is 3.38. The molecule has 1 aromatic carbocycles. The predicted molar refractivity (Wildman–Crippen MR) is 97.2 cm³/mol. The summed E-state index contributed by atoms with van der Waals surface area (Å²) in [5.74, 6) is 1.18. The Morgan fingerprint density at radius 1 is 1.26 bits per heavy atom. The van der Waals surface area contributed by atoms with Crippen molar-refractivity contribution >= 4 is 45.1 Å². The summed E-state index contributed by atoms with van der Waals surface area (Å²) in [7, 11) is 1.61. The zero-order chi connectivity index (χ0) is 16.6. The normalized spacial score (nSPS) is 20.2. The molecule has 124 valence electrons. The molecule has 1 aromatic rings. The molecule has 0 saturated heterocycles. The highest BCUT2D eigenvalue weighted by Crippen LogP contribution is 2.45. The molecule has 1 aliphatic heterocycles. The molecule has 1 spiro atoms. The van der Waals surface area contributed by atoms with Gasteiger partial charge in [0.1, 0.15) is 5.66 Å². The van der Waals surface area contributed by atoms with Crippen molar-refractivity contribution in [3.05, 3.63) is 21.6 Å². The summed E-state index contributed by atoms with van der Waals surface area (Å²) in [6, 6.07) is 3.60. The van der Waals surface area contributed by atoms with Gasteiger partial charge < -0.3 is 16.2 Å². The molecule has 0 amide bonds. The van der Waals surface area contributed by atoms with Crippen LogP contribution in [-0.4, -0.2) is 24.7 Å². The van der Waals surface area contributed by atoms with Gasteiger partial charge in [0.25, 0.3) is 0 Å². The van der Waals surface area contributed by atoms with Gasteiger partial charge in [-0.1, -0.05) is 18.0 Å². The van der Waals surface area contributed by atoms with E-state index in [4.69, 9.17) is 27.8 Å². The van der Waals surface area contributed by atoms with Crippen LogP contribution in [-0.2, 0) is 0 Å². The van der Waals surface area contributed by atoms with E-state index in [1.165, 1.54) is 6.42 Å². The van der Waals surface area contributed by atoms with Crippen molar-refractivity contribution in [2.45, 2.75) is 37.8 Å². The number of halogens is 2. The minimum absolute atomic E-state index is 0.223. The van der Waals surface area contributed by atoms with Gasteiger partial charge in [-0.3, -0.25) is 4.90 Å². The van der Waals surface area contributed by atoms with E-state index >= 15 is 0 Å². The fourth-order valence-corrected chi connectivity index (χ4v) is 4.34. The Kier molecular flexibility index (Phi) is 4.42. The number of nitrogens with zero attached hydrogens (tertiary/aromatic N) is 3. The summed E-state index contributed by atoms with van der Waals surface area (Å²) in [6.07, 6.45) is 5.02. The molecule has 1 heterocycles. The maximum atomic E-state index is 6.25. The third-order valence-electron chi connectivity index (χ3n) is 4.29. The first-order valence-corrected chi connectivity index (χ1v) is 8.67. The van der Waals surface area contributed by atoms with Crippen molar-refractivity contribution in [3.63, 3.8) is 0 Å². The molecule has 0 aromatic heterocycles. The Morgan fingerprint density at radius 2 is 1.96 bits per heavy atom. The number of hydrogen-bond donors (Lipinski definition) is 2. The van der Waals surface area contributed by atoms with E-state index < -0.39 is 5.66 Å². The summed E-state index contributed by atoms with van der Waals surface area (Å²) >= 11 is 9.74. The first-order valence-electron chi connectivity index (χ1n) is 7.49. The first-order chi connectivity index (χ1) is 11.0. The first kappa shape index (κ1) is 16.4. The number of methoxy groups -OCH3 is 1. The van der Waals surface area contributed by atoms with E-state index in [0.29, 0.717) is 16.7 Å². The lowest BCUT2D eigenvalue weighted by Crippen LogP contribution is -2.58. The number of anilines is 1. The van der Waals surface area contributed by atoms with Crippen LogP contribution in [0.15, 0.2) is 26.6 Å². The molecule has 1 fully saturated rings. The maximum Gasteiger partial charge on any atom is 0.220 e. The number of aliphatic imine (C=N–C) groups is 2. The average Bonchev–Trinajstić information content (AvgIpc) is 2.46. The van der Waals surface area contributed by atoms with Gasteiger partial charge in [0.15, 0.2) is 5.75 Å². The third kappa shape index (κ3) is 2.87. The zero-order valence-corrected chi connectivity index (χ0v) is 15.2. The second-order valence-electron chi connectivity index (χ2n) is 5.76. The van der Waals surface area contributed by atoms with Crippen LogP contribution >= 0.6 is 27.5 Å². The highest BCUT2D eigenvalue weighted by atomic mass is 79.9. The minimum Gasteiger partial charge on any atom is -0.493 e. The van der Waals surface area contributed by atoms with E-state index in [1.54, 1.807) is 13.2 Å². The van der Waals surface area contributed by atoms with Crippen LogP contribution in [0.1, 0.15) is 32.1 Å². The minimum atomic E-state index is -0.522. The number of nitrogens with two attached hydrogens (primary N) is 2. The van der Waals surface area contributed by atoms with Crippen LogP contribution in [0.25, 0.3) is 0 Å². The molecular formula is C15H19BrClN5O. The van der Waals surface area contributed by atoms with E-state index in [2.05, 4.69) is 25.9 Å². The number of guanidine groups is 2. The van der Waals surface area contributed by atoms with Crippen molar-refractivity contribution in [3.8, 4) is 5.75 Å². The van der Waals surface area contributed by atoms with E-state index in [-0.39, 0.29) is 5.96 Å². The lowest BCUT2D eigenvalue weighted by molar-refractivity contribution is 0.303. The summed E-state index contributed by atoms with van der Waals surface area (Å²) in [5.41, 5.74) is 12.3. The fraction of sp³-hybridized carbons (Fsp3) is 0.467. The van der Waals surface area contributed by atoms with Gasteiger partial charge in [-0.15, -0.1) is 0 Å². The summed E-state index contributed by atoms with van der Waals surface area (Å²) in [6.45, 7) is 0. The Balaban J connectivity index is 2.18. The van der Waals surface area contributed by atoms with Crippen molar-refractivity contribution in [2.75, 3.05) is 12.0 Å². The molecular weight excluding hydrogens is 382 g/mol. The van der Waals surface area contributed by atoms with Gasteiger partial charge >= 0.3 is 0 Å². The monoisotopic (exact) mass is 399 g/mol. The summed E-state index contributed by atoms with van der Waals surface area (Å²) in [4.78, 5) is 10.7. The van der Waals surface area contributed by atoms with Crippen LogP contribution in [0.5, 0.6) is 5.75 Å². The molecule has 23 heavy (non-hydrogen) atoms. The molecule has 1 aliphatic carbocycles. The molecule has 1 saturated carbocycles. The van der Waals surface area contributed by atoms with Gasteiger partial charge in [0, 0.05) is 5.02 Å². The van der Waals surface area contributed by atoms with Crippen LogP contribution in [0.2, 0.25) is 5.02 Å². The maximum absolute atomic E-state index is 6.25. The summed E-state index contributed by atoms with van der Waals surface area (Å²) < 4.78 is 6.31. The standard InChI is InChI=1S/C15H19BrClN5O/c1-23-12-10(16)7-9(17)8-11(12)22-14(19)20-13(18)21-15(22)5-3-2-4-6-15/h7-8H,2-6H2,1H3,(H4,18,19,20,21). The van der Waals surface area contributed by atoms with Crippen molar-refractivity contribution in [1.29, 1.82) is 0 Å². The van der Waals surface area contributed by atoms with Crippen molar-refractivity contribution < 1.29 is 4.74 Å². The lowest BCUT2D eigenvalue weighted by atomic mass is 9.87. The number of rotatable bonds is 2. The van der Waals surface area contributed by atoms with Crippen molar-refractivity contribution in [2.24, 2.45) is 21.5 Å². The number of ether oxygens (including phenoxy) is 1. The Morgan fingerprint density at radius 3 is 2.61 bits per heavy atom. The van der Waals surface area contributed by atoms with E-state index in [1.807, 2.05) is 11.0 Å². The number of benzene rings is 1. The molecule has 8 heteroatoms. The van der Waals surface area contributed by atoms with Gasteiger partial charge in [-0.25, -0.2) is 4.99 Å². The molecule has 0 atom stereocenters. The van der Waals surface area contributed by atoms with Crippen LogP contribution in [0, 0.1) is 0 Å². The van der Waals surface area contributed by atoms with Gasteiger partial charge in [-0.2, -0.15) is 4.99 Å². The van der Waals surface area contributed by atoms with E-state index in [9.17, 15) is 0 Å².